The van der Waals surface area contributed by atoms with E-state index in [1.54, 1.807) is 23.1 Å². The van der Waals surface area contributed by atoms with E-state index in [1.165, 1.54) is 4.70 Å². The number of aliphatic hydroxyl groups is 1. The van der Waals surface area contributed by atoms with Crippen molar-refractivity contribution in [3.05, 3.63) is 54.1 Å². The molecule has 2 nitrogen and oxygen atoms in total. The Morgan fingerprint density at radius 1 is 1.06 bits per heavy atom. The average Bonchev–Trinajstić information content (AvgIpc) is 2.81. The van der Waals surface area contributed by atoms with Crippen molar-refractivity contribution >= 4 is 33.3 Å². The number of thiazole rings is 1. The minimum absolute atomic E-state index is 0.0636. The van der Waals surface area contributed by atoms with Gasteiger partial charge in [-0.05, 0) is 23.8 Å². The smallest absolute Gasteiger partial charge is 0.155 e. The second-order valence-corrected chi connectivity index (χ2v) is 6.14. The summed E-state index contributed by atoms with van der Waals surface area (Å²) >= 11 is 3.29. The zero-order chi connectivity index (χ0) is 12.4. The minimum Gasteiger partial charge on any atom is -0.392 e. The maximum absolute atomic E-state index is 9.31. The van der Waals surface area contributed by atoms with E-state index in [-0.39, 0.29) is 6.61 Å². The molecule has 0 saturated carbocycles. The van der Waals surface area contributed by atoms with Crippen LogP contribution in [0.1, 0.15) is 5.56 Å². The van der Waals surface area contributed by atoms with Gasteiger partial charge >= 0.3 is 0 Å². The molecule has 1 N–H and O–H groups in total. The lowest BCUT2D eigenvalue weighted by Crippen LogP contribution is -1.85. The number of benzene rings is 2. The summed E-state index contributed by atoms with van der Waals surface area (Å²) in [4.78, 5) is 5.65. The third-order valence-corrected chi connectivity index (χ3v) is 4.83. The van der Waals surface area contributed by atoms with Crippen LogP contribution in [-0.4, -0.2) is 10.1 Å². The predicted molar refractivity (Wildman–Crippen MR) is 76.1 cm³/mol. The van der Waals surface area contributed by atoms with Crippen LogP contribution in [0.25, 0.3) is 10.2 Å². The lowest BCUT2D eigenvalue weighted by molar-refractivity contribution is 0.279. The van der Waals surface area contributed by atoms with E-state index >= 15 is 0 Å². The number of para-hydroxylation sites is 1. The molecule has 3 rings (SSSR count). The Morgan fingerprint density at radius 2 is 1.83 bits per heavy atom. The highest BCUT2D eigenvalue weighted by atomic mass is 32.2. The molecular weight excluding hydrogens is 262 g/mol. The van der Waals surface area contributed by atoms with E-state index < -0.39 is 0 Å². The molecule has 18 heavy (non-hydrogen) atoms. The maximum atomic E-state index is 9.31. The molecule has 0 bridgehead atoms. The molecule has 1 heterocycles. The number of aromatic nitrogens is 1. The van der Waals surface area contributed by atoms with E-state index in [9.17, 15) is 5.11 Å². The maximum Gasteiger partial charge on any atom is 0.155 e. The van der Waals surface area contributed by atoms with Crippen LogP contribution in [-0.2, 0) is 6.61 Å². The number of aliphatic hydroxyl groups excluding tert-OH is 1. The fraction of sp³-hybridized carbons (Fsp3) is 0.0714. The van der Waals surface area contributed by atoms with Crippen LogP contribution in [0.2, 0.25) is 0 Å². The van der Waals surface area contributed by atoms with Crippen LogP contribution in [0.5, 0.6) is 0 Å². The van der Waals surface area contributed by atoms with Crippen molar-refractivity contribution in [2.24, 2.45) is 0 Å². The Morgan fingerprint density at radius 3 is 2.67 bits per heavy atom. The largest absolute Gasteiger partial charge is 0.392 e. The summed E-state index contributed by atoms with van der Waals surface area (Å²) in [6.45, 7) is 0.0636. The SMILES string of the molecule is OCc1ccccc1Sc1nc2ccccc2s1. The highest BCUT2D eigenvalue weighted by Gasteiger charge is 2.07. The van der Waals surface area contributed by atoms with Crippen molar-refractivity contribution in [1.29, 1.82) is 0 Å². The monoisotopic (exact) mass is 273 g/mol. The molecule has 4 heteroatoms. The number of fused-ring (bicyclic) bond motifs is 1. The van der Waals surface area contributed by atoms with Crippen LogP contribution < -0.4 is 0 Å². The zero-order valence-electron chi connectivity index (χ0n) is 9.54. The minimum atomic E-state index is 0.0636. The molecule has 0 unspecified atom stereocenters. The first-order valence-electron chi connectivity index (χ1n) is 5.59. The Bertz CT molecular complexity index is 645. The quantitative estimate of drug-likeness (QED) is 0.784. The molecule has 2 aromatic carbocycles. The van der Waals surface area contributed by atoms with E-state index in [0.717, 1.165) is 20.3 Å². The van der Waals surface area contributed by atoms with Crippen molar-refractivity contribution in [1.82, 2.24) is 4.98 Å². The number of hydrogen-bond acceptors (Lipinski definition) is 4. The first-order chi connectivity index (χ1) is 8.86. The van der Waals surface area contributed by atoms with Crippen LogP contribution >= 0.6 is 23.1 Å². The summed E-state index contributed by atoms with van der Waals surface area (Å²) in [6, 6.07) is 16.0. The van der Waals surface area contributed by atoms with Gasteiger partial charge in [0.1, 0.15) is 0 Å². The molecule has 0 saturated heterocycles. The predicted octanol–water partition coefficient (Wildman–Crippen LogP) is 3.94. The van der Waals surface area contributed by atoms with E-state index in [2.05, 4.69) is 11.1 Å². The van der Waals surface area contributed by atoms with Gasteiger partial charge in [-0.25, -0.2) is 4.98 Å². The molecule has 0 aliphatic rings. The highest BCUT2D eigenvalue weighted by Crippen LogP contribution is 2.35. The van der Waals surface area contributed by atoms with Gasteiger partial charge in [-0.15, -0.1) is 11.3 Å². The second-order valence-electron chi connectivity index (χ2n) is 3.82. The van der Waals surface area contributed by atoms with E-state index in [1.807, 2.05) is 42.5 Å². The van der Waals surface area contributed by atoms with Gasteiger partial charge < -0.3 is 5.11 Å². The van der Waals surface area contributed by atoms with Crippen LogP contribution in [0.4, 0.5) is 0 Å². The van der Waals surface area contributed by atoms with Gasteiger partial charge in [0.25, 0.3) is 0 Å². The number of rotatable bonds is 3. The van der Waals surface area contributed by atoms with Gasteiger partial charge in [-0.1, -0.05) is 42.1 Å². The summed E-state index contributed by atoms with van der Waals surface area (Å²) in [5.74, 6) is 0. The highest BCUT2D eigenvalue weighted by molar-refractivity contribution is 8.01. The second kappa shape index (κ2) is 5.10. The molecule has 0 aliphatic carbocycles. The van der Waals surface area contributed by atoms with Crippen molar-refractivity contribution in [3.63, 3.8) is 0 Å². The first kappa shape index (κ1) is 11.7. The summed E-state index contributed by atoms with van der Waals surface area (Å²) < 4.78 is 2.21. The lowest BCUT2D eigenvalue weighted by Gasteiger charge is -2.03. The normalized spacial score (nSPS) is 10.9. The Labute approximate surface area is 113 Å². The van der Waals surface area contributed by atoms with Gasteiger partial charge in [0, 0.05) is 4.90 Å². The van der Waals surface area contributed by atoms with E-state index in [0.29, 0.717) is 0 Å². The molecule has 0 radical (unpaired) electrons. The molecule has 0 aliphatic heterocycles. The summed E-state index contributed by atoms with van der Waals surface area (Å²) in [5.41, 5.74) is 1.98. The van der Waals surface area contributed by atoms with Crippen molar-refractivity contribution in [3.8, 4) is 0 Å². The van der Waals surface area contributed by atoms with Gasteiger partial charge in [0.2, 0.25) is 0 Å². The number of hydrogen-bond donors (Lipinski definition) is 1. The third-order valence-electron chi connectivity index (χ3n) is 2.61. The molecule has 0 spiro atoms. The number of nitrogens with zero attached hydrogens (tertiary/aromatic N) is 1. The molecule has 0 amide bonds. The Kier molecular flexibility index (Phi) is 3.32. The molecule has 0 atom stereocenters. The van der Waals surface area contributed by atoms with Crippen molar-refractivity contribution < 1.29 is 5.11 Å². The standard InChI is InChI=1S/C14H11NOS2/c16-9-10-5-1-3-7-12(10)17-14-15-11-6-2-4-8-13(11)18-14/h1-8,16H,9H2. The van der Waals surface area contributed by atoms with Crippen molar-refractivity contribution in [2.75, 3.05) is 0 Å². The average molecular weight is 273 g/mol. The molecule has 3 aromatic rings. The van der Waals surface area contributed by atoms with Crippen LogP contribution in [0.15, 0.2) is 57.8 Å². The topological polar surface area (TPSA) is 33.1 Å². The Hall–Kier alpha value is -1.36. The zero-order valence-corrected chi connectivity index (χ0v) is 11.2. The molecule has 90 valence electrons. The lowest BCUT2D eigenvalue weighted by atomic mass is 10.2. The molecular formula is C14H11NOS2. The summed E-state index contributed by atoms with van der Waals surface area (Å²) in [6.07, 6.45) is 0. The first-order valence-corrected chi connectivity index (χ1v) is 7.22. The van der Waals surface area contributed by atoms with Gasteiger partial charge in [-0.3, -0.25) is 0 Å². The fourth-order valence-electron chi connectivity index (χ4n) is 1.72. The third kappa shape index (κ3) is 2.27. The summed E-state index contributed by atoms with van der Waals surface area (Å²) in [5, 5.41) is 9.31. The molecule has 1 aromatic heterocycles. The van der Waals surface area contributed by atoms with E-state index in [4.69, 9.17) is 0 Å². The Balaban J connectivity index is 1.96. The fourth-order valence-corrected chi connectivity index (χ4v) is 3.87. The van der Waals surface area contributed by atoms with Gasteiger partial charge in [0.05, 0.1) is 16.8 Å². The molecule has 0 fully saturated rings. The van der Waals surface area contributed by atoms with Crippen LogP contribution in [0, 0.1) is 0 Å². The summed E-state index contributed by atoms with van der Waals surface area (Å²) in [7, 11) is 0. The van der Waals surface area contributed by atoms with Crippen LogP contribution in [0.3, 0.4) is 0 Å². The van der Waals surface area contributed by atoms with Crippen molar-refractivity contribution in [2.45, 2.75) is 15.8 Å². The van der Waals surface area contributed by atoms with Gasteiger partial charge in [0.15, 0.2) is 4.34 Å². The van der Waals surface area contributed by atoms with Gasteiger partial charge in [-0.2, -0.15) is 0 Å².